The summed E-state index contributed by atoms with van der Waals surface area (Å²) in [4.78, 5) is 5.93. The predicted octanol–water partition coefficient (Wildman–Crippen LogP) is -1.28. The number of pyridine rings is 1. The van der Waals surface area contributed by atoms with Crippen LogP contribution in [0.3, 0.4) is 0 Å². The number of rotatable bonds is 4. The van der Waals surface area contributed by atoms with E-state index in [1.165, 1.54) is 6.20 Å². The lowest BCUT2D eigenvalue weighted by molar-refractivity contribution is -0.333. The third kappa shape index (κ3) is 2.90. The minimum absolute atomic E-state index is 0.200. The van der Waals surface area contributed by atoms with Crippen molar-refractivity contribution in [3.8, 4) is 5.88 Å². The van der Waals surface area contributed by atoms with Crippen molar-refractivity contribution in [3.05, 3.63) is 24.4 Å². The molecule has 0 bridgehead atoms. The molecule has 0 aromatic carbocycles. The van der Waals surface area contributed by atoms with Crippen molar-refractivity contribution in [1.29, 1.82) is 0 Å². The highest BCUT2D eigenvalue weighted by atomic mass is 16.7. The lowest BCUT2D eigenvalue weighted by atomic mass is 9.80. The smallest absolute Gasteiger partial charge is 0.213 e. The van der Waals surface area contributed by atoms with Gasteiger partial charge in [-0.15, -0.1) is 0 Å². The molecule has 3 heterocycles. The highest BCUT2D eigenvalue weighted by molar-refractivity contribution is 5.13. The second-order valence-electron chi connectivity index (χ2n) is 6.45. The van der Waals surface area contributed by atoms with Crippen LogP contribution in [-0.4, -0.2) is 86.8 Å². The number of aromatic nitrogens is 1. The molecular formula is C16H24N2O6. The van der Waals surface area contributed by atoms with Gasteiger partial charge < -0.3 is 34.8 Å². The lowest BCUT2D eigenvalue weighted by Gasteiger charge is -2.51. The van der Waals surface area contributed by atoms with Crippen molar-refractivity contribution < 1.29 is 29.9 Å². The normalized spacial score (nSPS) is 40.6. The van der Waals surface area contributed by atoms with E-state index in [2.05, 4.69) is 4.98 Å². The third-order valence-corrected chi connectivity index (χ3v) is 5.01. The maximum Gasteiger partial charge on any atom is 0.213 e. The summed E-state index contributed by atoms with van der Waals surface area (Å²) in [6.07, 6.45) is -2.46. The molecular weight excluding hydrogens is 316 g/mol. The SMILES string of the molecule is CN1CCCC1[C@]1(CO)O[C@@H](O)[C@H](Oc2ccccn2)[C@@H](O)[C@@H]1O. The Hall–Kier alpha value is -1.29. The summed E-state index contributed by atoms with van der Waals surface area (Å²) in [5.74, 6) is 0.200. The van der Waals surface area contributed by atoms with E-state index in [9.17, 15) is 20.4 Å². The van der Waals surface area contributed by atoms with Gasteiger partial charge in [-0.25, -0.2) is 4.98 Å². The minimum Gasteiger partial charge on any atom is -0.466 e. The van der Waals surface area contributed by atoms with Crippen molar-refractivity contribution >= 4 is 0 Å². The Balaban J connectivity index is 1.82. The Labute approximate surface area is 140 Å². The van der Waals surface area contributed by atoms with E-state index < -0.39 is 36.8 Å². The van der Waals surface area contributed by atoms with Crippen LogP contribution in [-0.2, 0) is 4.74 Å². The molecule has 8 heteroatoms. The third-order valence-electron chi connectivity index (χ3n) is 5.01. The molecule has 3 rings (SSSR count). The van der Waals surface area contributed by atoms with Gasteiger partial charge in [0.05, 0.1) is 6.61 Å². The molecule has 1 unspecified atom stereocenters. The Kier molecular flexibility index (Phi) is 5.05. The molecule has 0 spiro atoms. The number of likely N-dealkylation sites (tertiary alicyclic amines) is 1. The summed E-state index contributed by atoms with van der Waals surface area (Å²) in [6, 6.07) is 4.67. The molecule has 2 aliphatic rings. The van der Waals surface area contributed by atoms with Gasteiger partial charge >= 0.3 is 0 Å². The fraction of sp³-hybridized carbons (Fsp3) is 0.688. The molecule has 0 amide bonds. The van der Waals surface area contributed by atoms with Gasteiger partial charge in [-0.1, -0.05) is 6.07 Å². The fourth-order valence-electron chi connectivity index (χ4n) is 3.72. The molecule has 1 aromatic rings. The summed E-state index contributed by atoms with van der Waals surface area (Å²) in [5, 5.41) is 41.4. The quantitative estimate of drug-likeness (QED) is 0.536. The molecule has 8 nitrogen and oxygen atoms in total. The zero-order valence-corrected chi connectivity index (χ0v) is 13.5. The maximum absolute atomic E-state index is 10.7. The number of hydrogen-bond acceptors (Lipinski definition) is 8. The molecule has 0 saturated carbocycles. The number of likely N-dealkylation sites (N-methyl/N-ethyl adjacent to an activating group) is 1. The second kappa shape index (κ2) is 6.91. The Morgan fingerprint density at radius 3 is 2.75 bits per heavy atom. The van der Waals surface area contributed by atoms with Crippen molar-refractivity contribution in [2.45, 2.75) is 49.1 Å². The standard InChI is InChI=1S/C16H24N2O6/c1-18-8-4-5-10(18)16(9-19)14(21)12(20)13(15(22)24-16)23-11-6-2-3-7-17-11/h2-3,6-7,10,12-15,19-22H,4-5,8-9H2,1H3/t10?,12-,13-,14+,15-,16+/m1/s1. The zero-order valence-electron chi connectivity index (χ0n) is 13.5. The Bertz CT molecular complexity index is 547. The van der Waals surface area contributed by atoms with Crippen molar-refractivity contribution in [1.82, 2.24) is 9.88 Å². The summed E-state index contributed by atoms with van der Waals surface area (Å²) >= 11 is 0. The Morgan fingerprint density at radius 1 is 1.38 bits per heavy atom. The number of aliphatic hydroxyl groups excluding tert-OH is 4. The van der Waals surface area contributed by atoms with Crippen molar-refractivity contribution in [3.63, 3.8) is 0 Å². The van der Waals surface area contributed by atoms with Crippen molar-refractivity contribution in [2.24, 2.45) is 0 Å². The van der Waals surface area contributed by atoms with Gasteiger partial charge in [0.1, 0.15) is 17.8 Å². The lowest BCUT2D eigenvalue weighted by Crippen LogP contribution is -2.72. The maximum atomic E-state index is 10.7. The highest BCUT2D eigenvalue weighted by Gasteiger charge is 2.59. The van der Waals surface area contributed by atoms with Crippen LogP contribution in [0, 0.1) is 0 Å². The molecule has 4 N–H and O–H groups in total. The summed E-state index contributed by atoms with van der Waals surface area (Å²) in [5.41, 5.74) is -1.46. The van der Waals surface area contributed by atoms with E-state index in [1.807, 2.05) is 11.9 Å². The first-order valence-electron chi connectivity index (χ1n) is 8.10. The van der Waals surface area contributed by atoms with Crippen LogP contribution >= 0.6 is 0 Å². The average Bonchev–Trinajstić information content (AvgIpc) is 3.02. The topological polar surface area (TPSA) is 116 Å². The molecule has 134 valence electrons. The monoisotopic (exact) mass is 340 g/mol. The number of hydrogen-bond donors (Lipinski definition) is 4. The van der Waals surface area contributed by atoms with Gasteiger partial charge in [-0.2, -0.15) is 0 Å². The first-order chi connectivity index (χ1) is 11.5. The number of aliphatic hydroxyl groups is 4. The molecule has 6 atom stereocenters. The first-order valence-corrected chi connectivity index (χ1v) is 8.10. The highest BCUT2D eigenvalue weighted by Crippen LogP contribution is 2.38. The summed E-state index contributed by atoms with van der Waals surface area (Å²) in [6.45, 7) is 0.274. The van der Waals surface area contributed by atoms with E-state index in [1.54, 1.807) is 18.2 Å². The summed E-state index contributed by atoms with van der Waals surface area (Å²) < 4.78 is 11.1. The zero-order chi connectivity index (χ0) is 17.3. The van der Waals surface area contributed by atoms with Gasteiger partial charge in [0.2, 0.25) is 5.88 Å². The molecule has 24 heavy (non-hydrogen) atoms. The number of nitrogens with zero attached hydrogens (tertiary/aromatic N) is 2. The minimum atomic E-state index is -1.51. The fourth-order valence-corrected chi connectivity index (χ4v) is 3.72. The predicted molar refractivity (Wildman–Crippen MR) is 83.2 cm³/mol. The average molecular weight is 340 g/mol. The van der Waals surface area contributed by atoms with Gasteiger partial charge in [0.15, 0.2) is 12.4 Å². The molecule has 2 saturated heterocycles. The van der Waals surface area contributed by atoms with E-state index in [0.717, 1.165) is 13.0 Å². The first kappa shape index (κ1) is 17.5. The van der Waals surface area contributed by atoms with Gasteiger partial charge in [-0.3, -0.25) is 0 Å². The van der Waals surface area contributed by atoms with Gasteiger partial charge in [-0.05, 0) is 32.5 Å². The largest absolute Gasteiger partial charge is 0.466 e. The molecule has 2 fully saturated rings. The molecule has 0 aliphatic carbocycles. The van der Waals surface area contributed by atoms with E-state index in [-0.39, 0.29) is 11.9 Å². The molecule has 1 aromatic heterocycles. The van der Waals surface area contributed by atoms with Gasteiger partial charge in [0.25, 0.3) is 0 Å². The Morgan fingerprint density at radius 2 is 2.17 bits per heavy atom. The van der Waals surface area contributed by atoms with Crippen LogP contribution in [0.15, 0.2) is 24.4 Å². The number of ether oxygens (including phenoxy) is 2. The van der Waals surface area contributed by atoms with Crippen LogP contribution < -0.4 is 4.74 Å². The summed E-state index contributed by atoms with van der Waals surface area (Å²) in [7, 11) is 1.86. The van der Waals surface area contributed by atoms with E-state index in [0.29, 0.717) is 6.42 Å². The van der Waals surface area contributed by atoms with Crippen LogP contribution in [0.4, 0.5) is 0 Å². The van der Waals surface area contributed by atoms with E-state index in [4.69, 9.17) is 9.47 Å². The molecule has 0 radical (unpaired) electrons. The van der Waals surface area contributed by atoms with Crippen LogP contribution in [0.25, 0.3) is 0 Å². The van der Waals surface area contributed by atoms with Gasteiger partial charge in [0, 0.05) is 18.3 Å². The van der Waals surface area contributed by atoms with Crippen LogP contribution in [0.5, 0.6) is 5.88 Å². The van der Waals surface area contributed by atoms with E-state index >= 15 is 0 Å². The second-order valence-corrected chi connectivity index (χ2v) is 6.45. The van der Waals surface area contributed by atoms with Crippen LogP contribution in [0.2, 0.25) is 0 Å². The van der Waals surface area contributed by atoms with Crippen molar-refractivity contribution in [2.75, 3.05) is 20.2 Å². The molecule has 2 aliphatic heterocycles. The van der Waals surface area contributed by atoms with Crippen LogP contribution in [0.1, 0.15) is 12.8 Å².